The number of hydrogen-bond donors (Lipinski definition) is 1. The molecule has 194 valence electrons. The van der Waals surface area contributed by atoms with E-state index in [1.54, 1.807) is 13.2 Å². The Labute approximate surface area is 211 Å². The van der Waals surface area contributed by atoms with Crippen LogP contribution in [-0.4, -0.2) is 85.0 Å². The van der Waals surface area contributed by atoms with Gasteiger partial charge in [-0.3, -0.25) is 4.90 Å². The molecule has 1 aliphatic carbocycles. The smallest absolute Gasteiger partial charge is 0.409 e. The van der Waals surface area contributed by atoms with Crippen molar-refractivity contribution in [1.29, 1.82) is 0 Å². The largest absolute Gasteiger partial charge is 0.496 e. The highest BCUT2D eigenvalue weighted by Gasteiger charge is 2.51. The number of aliphatic hydroxyl groups is 1. The third-order valence-corrected chi connectivity index (χ3v) is 7.98. The summed E-state index contributed by atoms with van der Waals surface area (Å²) in [7, 11) is 1.57. The van der Waals surface area contributed by atoms with Crippen molar-refractivity contribution in [3.05, 3.63) is 41.8 Å². The third-order valence-electron chi connectivity index (χ3n) is 7.98. The van der Waals surface area contributed by atoms with Crippen LogP contribution in [0.1, 0.15) is 31.7 Å². The lowest BCUT2D eigenvalue weighted by Gasteiger charge is -2.48. The topological polar surface area (TPSA) is 78.4 Å². The molecule has 1 N–H and O–H groups in total. The minimum atomic E-state index is -0.387. The van der Waals surface area contributed by atoms with Crippen LogP contribution in [0.3, 0.4) is 0 Å². The first-order valence-corrected chi connectivity index (χ1v) is 12.8. The standard InChI is InChI=1S/C27H35FN4O4/c1-3-36-26(34)32-17-27(18-32)7-6-22(14-27)30-8-10-31(11-9-30)25-23(13-21(28)15-29-25)19-4-5-24(35-2)20(12-19)16-33/h4-5,12-13,15,22,33H,3,6-11,14,16-18H2,1-2H3. The molecule has 1 amide bonds. The normalized spacial score (nSPS) is 21.5. The van der Waals surface area contributed by atoms with Gasteiger partial charge in [-0.25, -0.2) is 14.2 Å². The van der Waals surface area contributed by atoms with Gasteiger partial charge in [-0.1, -0.05) is 6.07 Å². The first kappa shape index (κ1) is 24.8. The zero-order chi connectivity index (χ0) is 25.3. The number of likely N-dealkylation sites (tertiary alicyclic amines) is 1. The summed E-state index contributed by atoms with van der Waals surface area (Å²) in [5.74, 6) is 0.978. The summed E-state index contributed by atoms with van der Waals surface area (Å²) < 4.78 is 24.7. The summed E-state index contributed by atoms with van der Waals surface area (Å²) in [5, 5.41) is 9.74. The molecule has 3 fully saturated rings. The van der Waals surface area contributed by atoms with Crippen molar-refractivity contribution in [3.63, 3.8) is 0 Å². The monoisotopic (exact) mass is 498 g/mol. The minimum absolute atomic E-state index is 0.159. The number of pyridine rings is 1. The lowest BCUT2D eigenvalue weighted by Crippen LogP contribution is -2.58. The average Bonchev–Trinajstić information content (AvgIpc) is 3.34. The van der Waals surface area contributed by atoms with E-state index in [2.05, 4.69) is 14.8 Å². The number of piperazine rings is 1. The first-order chi connectivity index (χ1) is 17.4. The fourth-order valence-electron chi connectivity index (χ4n) is 6.15. The lowest BCUT2D eigenvalue weighted by molar-refractivity contribution is -0.00294. The first-order valence-electron chi connectivity index (χ1n) is 12.8. The van der Waals surface area contributed by atoms with Crippen molar-refractivity contribution in [3.8, 4) is 16.9 Å². The van der Waals surface area contributed by atoms with E-state index in [1.165, 1.54) is 12.3 Å². The van der Waals surface area contributed by atoms with Crippen molar-refractivity contribution in [2.75, 3.05) is 57.9 Å². The number of hydrogen-bond acceptors (Lipinski definition) is 7. The van der Waals surface area contributed by atoms with Gasteiger partial charge >= 0.3 is 6.09 Å². The average molecular weight is 499 g/mol. The zero-order valence-corrected chi connectivity index (χ0v) is 21.1. The Morgan fingerprint density at radius 3 is 2.69 bits per heavy atom. The van der Waals surface area contributed by atoms with Gasteiger partial charge in [-0.05, 0) is 49.9 Å². The Bertz CT molecular complexity index is 1100. The van der Waals surface area contributed by atoms with Gasteiger partial charge in [0.1, 0.15) is 17.4 Å². The predicted molar refractivity (Wildman–Crippen MR) is 135 cm³/mol. The molecule has 0 bridgehead atoms. The van der Waals surface area contributed by atoms with Crippen LogP contribution in [0.15, 0.2) is 30.5 Å². The molecule has 1 aromatic carbocycles. The van der Waals surface area contributed by atoms with Gasteiger partial charge < -0.3 is 24.4 Å². The quantitative estimate of drug-likeness (QED) is 0.653. The number of ether oxygens (including phenoxy) is 2. The molecule has 36 heavy (non-hydrogen) atoms. The summed E-state index contributed by atoms with van der Waals surface area (Å²) in [6, 6.07) is 7.57. The molecule has 8 nitrogen and oxygen atoms in total. The number of carbonyl (C=O) groups excluding carboxylic acids is 1. The number of anilines is 1. The highest BCUT2D eigenvalue weighted by molar-refractivity contribution is 5.77. The molecule has 2 aromatic rings. The van der Waals surface area contributed by atoms with E-state index < -0.39 is 0 Å². The van der Waals surface area contributed by atoms with E-state index in [9.17, 15) is 14.3 Å². The van der Waals surface area contributed by atoms with Crippen molar-refractivity contribution in [2.24, 2.45) is 5.41 Å². The van der Waals surface area contributed by atoms with Gasteiger partial charge in [0.25, 0.3) is 0 Å². The Morgan fingerprint density at radius 1 is 1.22 bits per heavy atom. The Hall–Kier alpha value is -2.91. The molecule has 1 atom stereocenters. The molecule has 1 saturated carbocycles. The molecule has 1 unspecified atom stereocenters. The number of carbonyl (C=O) groups is 1. The number of amides is 1. The van der Waals surface area contributed by atoms with Crippen LogP contribution in [0.4, 0.5) is 15.0 Å². The molecular formula is C27H35FN4O4. The molecule has 2 aliphatic heterocycles. The SMILES string of the molecule is CCOC(=O)N1CC2(CCC(N3CCN(c4ncc(F)cc4-c4ccc(OC)c(CO)c4)CC3)C2)C1. The molecule has 1 aromatic heterocycles. The summed E-state index contributed by atoms with van der Waals surface area (Å²) in [6.45, 7) is 7.18. The van der Waals surface area contributed by atoms with Crippen LogP contribution in [-0.2, 0) is 11.3 Å². The minimum Gasteiger partial charge on any atom is -0.496 e. The highest BCUT2D eigenvalue weighted by atomic mass is 19.1. The number of halogens is 1. The molecule has 2 saturated heterocycles. The molecule has 1 spiro atoms. The second-order valence-corrected chi connectivity index (χ2v) is 10.2. The van der Waals surface area contributed by atoms with E-state index in [4.69, 9.17) is 9.47 Å². The fraction of sp³-hybridized carbons (Fsp3) is 0.556. The Morgan fingerprint density at radius 2 is 2.00 bits per heavy atom. The van der Waals surface area contributed by atoms with Crippen molar-refractivity contribution in [1.82, 2.24) is 14.8 Å². The Balaban J connectivity index is 1.24. The van der Waals surface area contributed by atoms with Crippen LogP contribution in [0.5, 0.6) is 5.75 Å². The van der Waals surface area contributed by atoms with E-state index >= 15 is 0 Å². The fourth-order valence-corrected chi connectivity index (χ4v) is 6.15. The second kappa shape index (κ2) is 10.2. The maximum atomic E-state index is 14.2. The van der Waals surface area contributed by atoms with Crippen molar-refractivity contribution in [2.45, 2.75) is 38.8 Å². The summed E-state index contributed by atoms with van der Waals surface area (Å²) >= 11 is 0. The van der Waals surface area contributed by atoms with Crippen LogP contribution in [0.25, 0.3) is 11.1 Å². The molecule has 5 rings (SSSR count). The van der Waals surface area contributed by atoms with Crippen LogP contribution in [0.2, 0.25) is 0 Å². The van der Waals surface area contributed by atoms with Crippen LogP contribution in [0, 0.1) is 11.2 Å². The summed E-state index contributed by atoms with van der Waals surface area (Å²) in [6.07, 6.45) is 4.52. The summed E-state index contributed by atoms with van der Waals surface area (Å²) in [5.41, 5.74) is 2.42. The molecule has 9 heteroatoms. The number of aromatic nitrogens is 1. The summed E-state index contributed by atoms with van der Waals surface area (Å²) in [4.78, 5) is 23.1. The molecular weight excluding hydrogens is 463 g/mol. The van der Waals surface area contributed by atoms with E-state index in [-0.39, 0.29) is 23.9 Å². The van der Waals surface area contributed by atoms with E-state index in [0.29, 0.717) is 29.5 Å². The van der Waals surface area contributed by atoms with E-state index in [1.807, 2.05) is 24.0 Å². The van der Waals surface area contributed by atoms with Crippen LogP contribution >= 0.6 is 0 Å². The molecule has 0 radical (unpaired) electrons. The number of nitrogens with zero attached hydrogens (tertiary/aromatic N) is 4. The number of benzene rings is 1. The van der Waals surface area contributed by atoms with Crippen molar-refractivity contribution >= 4 is 11.9 Å². The van der Waals surface area contributed by atoms with Crippen LogP contribution < -0.4 is 9.64 Å². The van der Waals surface area contributed by atoms with Gasteiger partial charge in [-0.2, -0.15) is 0 Å². The lowest BCUT2D eigenvalue weighted by atomic mass is 9.78. The van der Waals surface area contributed by atoms with Gasteiger partial charge in [0.05, 0.1) is 26.5 Å². The Kier molecular flexibility index (Phi) is 7.03. The van der Waals surface area contributed by atoms with E-state index in [0.717, 1.165) is 69.9 Å². The predicted octanol–water partition coefficient (Wildman–Crippen LogP) is 3.52. The third kappa shape index (κ3) is 4.74. The second-order valence-electron chi connectivity index (χ2n) is 10.2. The highest BCUT2D eigenvalue weighted by Crippen LogP contribution is 2.47. The molecule has 3 aliphatic rings. The molecule has 3 heterocycles. The number of rotatable bonds is 6. The maximum Gasteiger partial charge on any atom is 0.409 e. The van der Waals surface area contributed by atoms with Gasteiger partial charge in [-0.15, -0.1) is 0 Å². The zero-order valence-electron chi connectivity index (χ0n) is 21.1. The van der Waals surface area contributed by atoms with Gasteiger partial charge in [0, 0.05) is 61.9 Å². The van der Waals surface area contributed by atoms with Gasteiger partial charge in [0.2, 0.25) is 0 Å². The van der Waals surface area contributed by atoms with Crippen molar-refractivity contribution < 1.29 is 23.8 Å². The maximum absolute atomic E-state index is 14.2. The van der Waals surface area contributed by atoms with Gasteiger partial charge in [0.15, 0.2) is 0 Å². The number of aliphatic hydroxyl groups excluding tert-OH is 1. The number of methoxy groups -OCH3 is 1.